The second-order valence-corrected chi connectivity index (χ2v) is 6.20. The molecular formula is C19H21N5. The van der Waals surface area contributed by atoms with Crippen LogP contribution in [0.3, 0.4) is 0 Å². The van der Waals surface area contributed by atoms with Gasteiger partial charge < -0.3 is 9.47 Å². The number of benzene rings is 1. The minimum Gasteiger partial charge on any atom is -0.377 e. The summed E-state index contributed by atoms with van der Waals surface area (Å²) in [5, 5.41) is 0. The topological polar surface area (TPSA) is 46.8 Å². The summed E-state index contributed by atoms with van der Waals surface area (Å²) in [5.74, 6) is 0. The first-order valence-corrected chi connectivity index (χ1v) is 8.52. The Hall–Kier alpha value is -2.69. The third kappa shape index (κ3) is 3.15. The Morgan fingerprint density at radius 2 is 1.79 bits per heavy atom. The highest BCUT2D eigenvalue weighted by atomic mass is 15.1. The monoisotopic (exact) mass is 319 g/mol. The average Bonchev–Trinajstić information content (AvgIpc) is 3.05. The lowest BCUT2D eigenvalue weighted by Gasteiger charge is -2.24. The number of fused-ring (bicyclic) bond motifs is 1. The van der Waals surface area contributed by atoms with Gasteiger partial charge in [0.25, 0.3) is 0 Å². The minimum atomic E-state index is 0.767. The van der Waals surface area contributed by atoms with Crippen LogP contribution in [0.1, 0.15) is 30.5 Å². The molecule has 0 saturated carbocycles. The predicted molar refractivity (Wildman–Crippen MR) is 95.3 cm³/mol. The lowest BCUT2D eigenvalue weighted by molar-refractivity contribution is 0.311. The molecule has 0 amide bonds. The van der Waals surface area contributed by atoms with E-state index in [0.717, 1.165) is 36.5 Å². The van der Waals surface area contributed by atoms with Crippen molar-refractivity contribution in [3.05, 3.63) is 60.4 Å². The molecule has 24 heavy (non-hydrogen) atoms. The molecule has 4 rings (SSSR count). The molecule has 3 heterocycles. The standard InChI is InChI=1S/C19H21N5/c1-3-7-16(8-4-1)13-24-15-22-18-17(20-14-21-19(18)24)9-12-23-10-5-2-6-11-23/h1,3-4,7-9,12,14-15H,2,5-6,10-11,13H2/b12-9+. The van der Waals surface area contributed by atoms with Crippen molar-refractivity contribution in [3.63, 3.8) is 0 Å². The summed E-state index contributed by atoms with van der Waals surface area (Å²) in [7, 11) is 0. The molecule has 1 aliphatic rings. The van der Waals surface area contributed by atoms with E-state index in [1.54, 1.807) is 6.33 Å². The highest BCUT2D eigenvalue weighted by molar-refractivity contribution is 5.79. The summed E-state index contributed by atoms with van der Waals surface area (Å²) in [6.45, 7) is 3.03. The molecule has 5 heteroatoms. The molecule has 5 nitrogen and oxygen atoms in total. The fraction of sp³-hybridized carbons (Fsp3) is 0.316. The normalized spacial score (nSPS) is 15.4. The largest absolute Gasteiger partial charge is 0.377 e. The Kier molecular flexibility index (Phi) is 4.23. The van der Waals surface area contributed by atoms with E-state index in [0.29, 0.717) is 0 Å². The van der Waals surface area contributed by atoms with Gasteiger partial charge in [-0.1, -0.05) is 30.3 Å². The molecule has 3 aromatic rings. The van der Waals surface area contributed by atoms with E-state index >= 15 is 0 Å². The summed E-state index contributed by atoms with van der Waals surface area (Å²) < 4.78 is 2.07. The van der Waals surface area contributed by atoms with E-state index in [1.807, 2.05) is 12.4 Å². The maximum absolute atomic E-state index is 4.55. The first-order chi connectivity index (χ1) is 11.9. The maximum Gasteiger partial charge on any atom is 0.164 e. The van der Waals surface area contributed by atoms with Gasteiger partial charge in [0.2, 0.25) is 0 Å². The van der Waals surface area contributed by atoms with Crippen LogP contribution in [0.2, 0.25) is 0 Å². The van der Waals surface area contributed by atoms with E-state index in [4.69, 9.17) is 0 Å². The molecule has 0 bridgehead atoms. The zero-order valence-electron chi connectivity index (χ0n) is 13.7. The van der Waals surface area contributed by atoms with Crippen LogP contribution in [0, 0.1) is 0 Å². The fourth-order valence-corrected chi connectivity index (χ4v) is 3.16. The van der Waals surface area contributed by atoms with Gasteiger partial charge in [0, 0.05) is 19.3 Å². The third-order valence-corrected chi connectivity index (χ3v) is 4.46. The highest BCUT2D eigenvalue weighted by Crippen LogP contribution is 2.17. The van der Waals surface area contributed by atoms with E-state index in [2.05, 4.69) is 61.0 Å². The van der Waals surface area contributed by atoms with E-state index < -0.39 is 0 Å². The molecule has 0 spiro atoms. The van der Waals surface area contributed by atoms with Crippen LogP contribution in [0.5, 0.6) is 0 Å². The van der Waals surface area contributed by atoms with Crippen molar-refractivity contribution in [2.75, 3.05) is 13.1 Å². The third-order valence-electron chi connectivity index (χ3n) is 4.46. The Labute approximate surface area is 141 Å². The van der Waals surface area contributed by atoms with Crippen molar-refractivity contribution in [1.29, 1.82) is 0 Å². The van der Waals surface area contributed by atoms with Gasteiger partial charge in [0.15, 0.2) is 5.65 Å². The molecule has 1 aromatic carbocycles. The lowest BCUT2D eigenvalue weighted by atomic mass is 10.1. The SMILES string of the molecule is C(=C\N1CCCCC1)/c1ncnc2c1ncn2Cc1ccccc1. The van der Waals surface area contributed by atoms with E-state index in [1.165, 1.54) is 24.8 Å². The van der Waals surface area contributed by atoms with Gasteiger partial charge in [0.05, 0.1) is 18.6 Å². The second kappa shape index (κ2) is 6.83. The fourth-order valence-electron chi connectivity index (χ4n) is 3.16. The van der Waals surface area contributed by atoms with Crippen molar-refractivity contribution >= 4 is 17.2 Å². The number of nitrogens with zero attached hydrogens (tertiary/aromatic N) is 5. The van der Waals surface area contributed by atoms with Crippen molar-refractivity contribution in [2.45, 2.75) is 25.8 Å². The Bertz CT molecular complexity index is 831. The van der Waals surface area contributed by atoms with Gasteiger partial charge in [0.1, 0.15) is 11.8 Å². The van der Waals surface area contributed by atoms with Gasteiger partial charge in [-0.05, 0) is 30.9 Å². The molecule has 122 valence electrons. The first kappa shape index (κ1) is 14.9. The summed E-state index contributed by atoms with van der Waals surface area (Å²) in [4.78, 5) is 15.8. The van der Waals surface area contributed by atoms with Crippen LogP contribution < -0.4 is 0 Å². The molecule has 2 aromatic heterocycles. The minimum absolute atomic E-state index is 0.767. The number of likely N-dealkylation sites (tertiary alicyclic amines) is 1. The van der Waals surface area contributed by atoms with E-state index in [-0.39, 0.29) is 0 Å². The van der Waals surface area contributed by atoms with Gasteiger partial charge >= 0.3 is 0 Å². The number of imidazole rings is 1. The molecule has 1 fully saturated rings. The Morgan fingerprint density at radius 3 is 2.62 bits per heavy atom. The van der Waals surface area contributed by atoms with Crippen molar-refractivity contribution in [2.24, 2.45) is 0 Å². The second-order valence-electron chi connectivity index (χ2n) is 6.20. The smallest absolute Gasteiger partial charge is 0.164 e. The van der Waals surface area contributed by atoms with Gasteiger partial charge in [-0.2, -0.15) is 0 Å². The molecular weight excluding hydrogens is 298 g/mol. The lowest BCUT2D eigenvalue weighted by Crippen LogP contribution is -2.23. The van der Waals surface area contributed by atoms with Gasteiger partial charge in [-0.3, -0.25) is 0 Å². The zero-order valence-corrected chi connectivity index (χ0v) is 13.7. The quantitative estimate of drug-likeness (QED) is 0.740. The average molecular weight is 319 g/mol. The van der Waals surface area contributed by atoms with Crippen LogP contribution >= 0.6 is 0 Å². The maximum atomic E-state index is 4.55. The van der Waals surface area contributed by atoms with Gasteiger partial charge in [-0.15, -0.1) is 0 Å². The molecule has 0 N–H and O–H groups in total. The van der Waals surface area contributed by atoms with Crippen molar-refractivity contribution in [1.82, 2.24) is 24.4 Å². The van der Waals surface area contributed by atoms with Crippen LogP contribution in [-0.2, 0) is 6.54 Å². The summed E-state index contributed by atoms with van der Waals surface area (Å²) in [5.41, 5.74) is 3.87. The predicted octanol–water partition coefficient (Wildman–Crippen LogP) is 3.33. The highest BCUT2D eigenvalue weighted by Gasteiger charge is 2.10. The Balaban J connectivity index is 1.60. The molecule has 1 saturated heterocycles. The number of hydrogen-bond donors (Lipinski definition) is 0. The first-order valence-electron chi connectivity index (χ1n) is 8.52. The number of rotatable bonds is 4. The molecule has 0 aliphatic carbocycles. The summed E-state index contributed by atoms with van der Waals surface area (Å²) >= 11 is 0. The molecule has 1 aliphatic heterocycles. The summed E-state index contributed by atoms with van der Waals surface area (Å²) in [6, 6.07) is 10.4. The van der Waals surface area contributed by atoms with Crippen LogP contribution in [-0.4, -0.2) is 37.5 Å². The van der Waals surface area contributed by atoms with Crippen molar-refractivity contribution < 1.29 is 0 Å². The zero-order chi connectivity index (χ0) is 16.2. The number of hydrogen-bond acceptors (Lipinski definition) is 4. The number of piperidine rings is 1. The molecule has 0 atom stereocenters. The van der Waals surface area contributed by atoms with Crippen LogP contribution in [0.15, 0.2) is 49.2 Å². The van der Waals surface area contributed by atoms with E-state index in [9.17, 15) is 0 Å². The summed E-state index contributed by atoms with van der Waals surface area (Å²) in [6.07, 6.45) is 11.6. The molecule has 0 unspecified atom stereocenters. The van der Waals surface area contributed by atoms with Gasteiger partial charge in [-0.25, -0.2) is 15.0 Å². The molecule has 0 radical (unpaired) electrons. The van der Waals surface area contributed by atoms with Crippen molar-refractivity contribution in [3.8, 4) is 0 Å². The van der Waals surface area contributed by atoms with Crippen LogP contribution in [0.25, 0.3) is 17.2 Å². The number of aromatic nitrogens is 4. The Morgan fingerprint density at radius 1 is 0.958 bits per heavy atom. The van der Waals surface area contributed by atoms with Crippen LogP contribution in [0.4, 0.5) is 0 Å².